The minimum Gasteiger partial charge on any atom is -0.491 e. The highest BCUT2D eigenvalue weighted by molar-refractivity contribution is 9.10. The van der Waals surface area contributed by atoms with Crippen molar-refractivity contribution in [2.45, 2.75) is 4.90 Å². The van der Waals surface area contributed by atoms with Gasteiger partial charge >= 0.3 is 0 Å². The molecule has 0 aliphatic carbocycles. The van der Waals surface area contributed by atoms with Gasteiger partial charge in [0.15, 0.2) is 9.84 Å². The van der Waals surface area contributed by atoms with E-state index in [2.05, 4.69) is 15.9 Å². The smallest absolute Gasteiger partial charge is 0.264 e. The monoisotopic (exact) mass is 394 g/mol. The molecule has 0 saturated heterocycles. The second-order valence-electron chi connectivity index (χ2n) is 3.63. The molecule has 0 unspecified atom stereocenters. The maximum absolute atomic E-state index is 13.5. The topological polar surface area (TPSA) is 77.5 Å². The van der Waals surface area contributed by atoms with Gasteiger partial charge in [0.25, 0.3) is 9.05 Å². The Morgan fingerprint density at radius 2 is 1.89 bits per heavy atom. The van der Waals surface area contributed by atoms with Crippen molar-refractivity contribution in [2.75, 3.05) is 18.6 Å². The van der Waals surface area contributed by atoms with Crippen LogP contribution >= 0.6 is 26.6 Å². The Morgan fingerprint density at radius 3 is 2.37 bits per heavy atom. The molecule has 0 radical (unpaired) electrons. The SMILES string of the molecule is CS(=O)(=O)CCOc1cc(F)c(S(=O)(=O)Cl)cc1Br. The van der Waals surface area contributed by atoms with Gasteiger partial charge in [0.1, 0.15) is 23.1 Å². The van der Waals surface area contributed by atoms with E-state index in [4.69, 9.17) is 15.4 Å². The van der Waals surface area contributed by atoms with Crippen molar-refractivity contribution in [3.05, 3.63) is 22.4 Å². The number of sulfone groups is 1. The lowest BCUT2D eigenvalue weighted by molar-refractivity contribution is 0.336. The Balaban J connectivity index is 2.97. The molecule has 0 aromatic heterocycles. The van der Waals surface area contributed by atoms with Crippen molar-refractivity contribution in [1.82, 2.24) is 0 Å². The summed E-state index contributed by atoms with van der Waals surface area (Å²) in [5.74, 6) is -1.32. The van der Waals surface area contributed by atoms with E-state index in [1.54, 1.807) is 0 Å². The van der Waals surface area contributed by atoms with Crippen molar-refractivity contribution >= 4 is 45.5 Å². The molecule has 1 rings (SSSR count). The maximum Gasteiger partial charge on any atom is 0.264 e. The summed E-state index contributed by atoms with van der Waals surface area (Å²) in [5.41, 5.74) is 0. The molecular formula is C9H9BrClFO5S2. The van der Waals surface area contributed by atoms with Gasteiger partial charge in [-0.3, -0.25) is 0 Å². The Labute approximate surface area is 123 Å². The second kappa shape index (κ2) is 5.94. The molecule has 0 spiro atoms. The fourth-order valence-electron chi connectivity index (χ4n) is 1.11. The number of hydrogen-bond donors (Lipinski definition) is 0. The average molecular weight is 396 g/mol. The zero-order valence-corrected chi connectivity index (χ0v) is 13.5. The number of halogens is 3. The van der Waals surface area contributed by atoms with Crippen molar-refractivity contribution in [3.8, 4) is 5.75 Å². The summed E-state index contributed by atoms with van der Waals surface area (Å²) in [6, 6.07) is 1.77. The number of ether oxygens (including phenoxy) is 1. The predicted molar refractivity (Wildman–Crippen MR) is 72.3 cm³/mol. The van der Waals surface area contributed by atoms with E-state index < -0.39 is 29.6 Å². The molecule has 1 aromatic carbocycles. The van der Waals surface area contributed by atoms with Crippen LogP contribution in [0.25, 0.3) is 0 Å². The molecule has 10 heteroatoms. The van der Waals surface area contributed by atoms with Crippen molar-refractivity contribution in [1.29, 1.82) is 0 Å². The van der Waals surface area contributed by atoms with Crippen LogP contribution < -0.4 is 4.74 Å². The molecule has 0 aliphatic heterocycles. The van der Waals surface area contributed by atoms with Gasteiger partial charge in [-0.2, -0.15) is 0 Å². The Kier molecular flexibility index (Phi) is 5.21. The number of benzene rings is 1. The van der Waals surface area contributed by atoms with Gasteiger partial charge in [0, 0.05) is 23.0 Å². The zero-order chi connectivity index (χ0) is 14.8. The number of hydrogen-bond acceptors (Lipinski definition) is 5. The summed E-state index contributed by atoms with van der Waals surface area (Å²) < 4.78 is 62.6. The average Bonchev–Trinajstić information content (AvgIpc) is 2.19. The highest BCUT2D eigenvalue weighted by Crippen LogP contribution is 2.31. The third-order valence-electron chi connectivity index (χ3n) is 1.96. The standard InChI is InChI=1S/C9H9BrClFO5S2/c1-18(13,14)3-2-17-8-5-7(12)9(4-6(8)10)19(11,15)16/h4-5H,2-3H2,1H3. The number of rotatable bonds is 5. The molecule has 108 valence electrons. The Bertz CT molecular complexity index is 687. The van der Waals surface area contributed by atoms with Gasteiger partial charge in [0.05, 0.1) is 10.2 Å². The van der Waals surface area contributed by atoms with Crippen molar-refractivity contribution in [2.24, 2.45) is 0 Å². The molecule has 0 saturated carbocycles. The molecule has 0 heterocycles. The van der Waals surface area contributed by atoms with E-state index in [1.165, 1.54) is 0 Å². The van der Waals surface area contributed by atoms with Crippen molar-refractivity contribution in [3.63, 3.8) is 0 Å². The van der Waals surface area contributed by atoms with Crippen molar-refractivity contribution < 1.29 is 26.0 Å². The van der Waals surface area contributed by atoms with Gasteiger partial charge in [-0.05, 0) is 22.0 Å². The van der Waals surface area contributed by atoms with Crippen LogP contribution in [0.1, 0.15) is 0 Å². The first kappa shape index (κ1) is 16.7. The van der Waals surface area contributed by atoms with Gasteiger partial charge in [-0.1, -0.05) is 0 Å². The van der Waals surface area contributed by atoms with E-state index in [0.717, 1.165) is 18.4 Å². The minimum absolute atomic E-state index is 0.00906. The molecule has 5 nitrogen and oxygen atoms in total. The summed E-state index contributed by atoms with van der Waals surface area (Å²) in [6.45, 7) is -0.177. The molecule has 0 N–H and O–H groups in total. The normalized spacial score (nSPS) is 12.4. The third-order valence-corrected chi connectivity index (χ3v) is 4.83. The summed E-state index contributed by atoms with van der Waals surface area (Å²) in [6.07, 6.45) is 1.04. The lowest BCUT2D eigenvalue weighted by atomic mass is 10.3. The zero-order valence-electron chi connectivity index (χ0n) is 9.56. The first-order chi connectivity index (χ1) is 8.50. The fourth-order valence-corrected chi connectivity index (χ4v) is 3.01. The van der Waals surface area contributed by atoms with Crippen LogP contribution in [0.4, 0.5) is 4.39 Å². The molecule has 0 amide bonds. The summed E-state index contributed by atoms with van der Waals surface area (Å²) in [7, 11) is -2.36. The van der Waals surface area contributed by atoms with Crippen LogP contribution in [0.15, 0.2) is 21.5 Å². The van der Waals surface area contributed by atoms with Crippen LogP contribution in [-0.4, -0.2) is 35.5 Å². The van der Waals surface area contributed by atoms with E-state index >= 15 is 0 Å². The molecule has 1 aromatic rings. The fraction of sp³-hybridized carbons (Fsp3) is 0.333. The van der Waals surface area contributed by atoms with Gasteiger partial charge in [-0.15, -0.1) is 0 Å². The molecular weight excluding hydrogens is 387 g/mol. The Morgan fingerprint density at radius 1 is 1.32 bits per heavy atom. The second-order valence-corrected chi connectivity index (χ2v) is 9.28. The molecule has 0 fully saturated rings. The van der Waals surface area contributed by atoms with Crippen LogP contribution in [0.5, 0.6) is 5.75 Å². The van der Waals surface area contributed by atoms with Gasteiger partial charge in [-0.25, -0.2) is 21.2 Å². The highest BCUT2D eigenvalue weighted by atomic mass is 79.9. The first-order valence-electron chi connectivity index (χ1n) is 4.75. The van der Waals surface area contributed by atoms with E-state index in [1.807, 2.05) is 0 Å². The molecule has 19 heavy (non-hydrogen) atoms. The van der Waals surface area contributed by atoms with Gasteiger partial charge in [0.2, 0.25) is 0 Å². The summed E-state index contributed by atoms with van der Waals surface area (Å²) in [4.78, 5) is -0.684. The molecule has 0 aliphatic rings. The lowest BCUT2D eigenvalue weighted by Crippen LogP contribution is -2.12. The van der Waals surface area contributed by atoms with Crippen LogP contribution in [0.2, 0.25) is 0 Å². The van der Waals surface area contributed by atoms with Crippen LogP contribution in [-0.2, 0) is 18.9 Å². The summed E-state index contributed by atoms with van der Waals surface area (Å²) >= 11 is 2.99. The Hall–Kier alpha value is -0.380. The van der Waals surface area contributed by atoms with E-state index in [9.17, 15) is 21.2 Å². The highest BCUT2D eigenvalue weighted by Gasteiger charge is 2.19. The first-order valence-corrected chi connectivity index (χ1v) is 9.91. The third kappa shape index (κ3) is 5.25. The molecule has 0 bridgehead atoms. The predicted octanol–water partition coefficient (Wildman–Crippen LogP) is 1.94. The summed E-state index contributed by atoms with van der Waals surface area (Å²) in [5, 5.41) is 0. The van der Waals surface area contributed by atoms with E-state index in [0.29, 0.717) is 0 Å². The van der Waals surface area contributed by atoms with Crippen LogP contribution in [0.3, 0.4) is 0 Å². The molecule has 0 atom stereocenters. The maximum atomic E-state index is 13.5. The lowest BCUT2D eigenvalue weighted by Gasteiger charge is -2.09. The van der Waals surface area contributed by atoms with E-state index in [-0.39, 0.29) is 22.6 Å². The minimum atomic E-state index is -4.20. The van der Waals surface area contributed by atoms with Crippen LogP contribution in [0, 0.1) is 5.82 Å². The quantitative estimate of drug-likeness (QED) is 0.712. The van der Waals surface area contributed by atoms with Gasteiger partial charge < -0.3 is 4.74 Å². The largest absolute Gasteiger partial charge is 0.491 e.